The molecule has 0 radical (unpaired) electrons. The lowest BCUT2D eigenvalue weighted by atomic mass is 9.92. The molecule has 4 aromatic rings. The van der Waals surface area contributed by atoms with Crippen LogP contribution in [0.2, 0.25) is 0 Å². The van der Waals surface area contributed by atoms with Crippen molar-refractivity contribution in [2.75, 3.05) is 16.5 Å². The summed E-state index contributed by atoms with van der Waals surface area (Å²) in [4.78, 5) is 28.5. The molecule has 4 aromatic carbocycles. The van der Waals surface area contributed by atoms with Gasteiger partial charge < -0.3 is 14.5 Å². The van der Waals surface area contributed by atoms with Crippen LogP contribution in [0.4, 0.5) is 17.1 Å². The molecule has 0 amide bonds. The minimum atomic E-state index is -0.391. The summed E-state index contributed by atoms with van der Waals surface area (Å²) in [6.07, 6.45) is 0. The van der Waals surface area contributed by atoms with Gasteiger partial charge in [0.25, 0.3) is 5.69 Å². The van der Waals surface area contributed by atoms with Crippen LogP contribution in [-0.2, 0) is 13.1 Å². The molecule has 2 bridgehead atoms. The maximum absolute atomic E-state index is 13.1. The Morgan fingerprint density at radius 2 is 1.56 bits per heavy atom. The lowest BCUT2D eigenvalue weighted by Crippen LogP contribution is -2.46. The van der Waals surface area contributed by atoms with Crippen molar-refractivity contribution in [1.82, 2.24) is 0 Å². The predicted molar refractivity (Wildman–Crippen MR) is 138 cm³/mol. The SMILES string of the molecule is Cc1cccc(C(=O)Oc2ccccc2)c1-c1ccc2c(c1)CN1CN2Cc2cc([N+](=O)[O-])ccc21. The second-order valence-corrected chi connectivity index (χ2v) is 9.15. The Labute approximate surface area is 208 Å². The van der Waals surface area contributed by atoms with E-state index in [-0.39, 0.29) is 10.6 Å². The fourth-order valence-electron chi connectivity index (χ4n) is 5.21. The largest absolute Gasteiger partial charge is 0.423 e. The highest BCUT2D eigenvalue weighted by Crippen LogP contribution is 2.41. The predicted octanol–water partition coefficient (Wildman–Crippen LogP) is 6.09. The molecule has 7 heteroatoms. The fraction of sp³-hybridized carbons (Fsp3) is 0.138. The molecule has 0 unspecified atom stereocenters. The van der Waals surface area contributed by atoms with Crippen LogP contribution in [0.25, 0.3) is 11.1 Å². The lowest BCUT2D eigenvalue weighted by Gasteiger charge is -2.44. The highest BCUT2D eigenvalue weighted by molar-refractivity contribution is 5.99. The van der Waals surface area contributed by atoms with Crippen LogP contribution in [0.5, 0.6) is 5.75 Å². The molecule has 0 aromatic heterocycles. The van der Waals surface area contributed by atoms with Gasteiger partial charge in [-0.1, -0.05) is 36.4 Å². The zero-order valence-electron chi connectivity index (χ0n) is 19.7. The van der Waals surface area contributed by atoms with E-state index in [1.54, 1.807) is 30.3 Å². The van der Waals surface area contributed by atoms with E-state index in [2.05, 4.69) is 21.9 Å². The smallest absolute Gasteiger partial charge is 0.344 e. The number of nitrogens with zero attached hydrogens (tertiary/aromatic N) is 3. The van der Waals surface area contributed by atoms with E-state index in [0.717, 1.165) is 45.9 Å². The van der Waals surface area contributed by atoms with Crippen molar-refractivity contribution in [2.24, 2.45) is 0 Å². The van der Waals surface area contributed by atoms with E-state index < -0.39 is 5.97 Å². The maximum Gasteiger partial charge on any atom is 0.344 e. The molecule has 0 N–H and O–H groups in total. The number of carbonyl (C=O) groups is 1. The highest BCUT2D eigenvalue weighted by atomic mass is 16.6. The quantitative estimate of drug-likeness (QED) is 0.153. The molecule has 0 aliphatic carbocycles. The van der Waals surface area contributed by atoms with Gasteiger partial charge in [-0.2, -0.15) is 0 Å². The monoisotopic (exact) mass is 477 g/mol. The number of nitro benzene ring substituents is 1. The second-order valence-electron chi connectivity index (χ2n) is 9.15. The average Bonchev–Trinajstić information content (AvgIpc) is 2.88. The zero-order chi connectivity index (χ0) is 24.8. The number of ether oxygens (including phenoxy) is 1. The Kier molecular flexibility index (Phi) is 5.18. The van der Waals surface area contributed by atoms with Crippen molar-refractivity contribution >= 4 is 23.0 Å². The number of nitro groups is 1. The maximum atomic E-state index is 13.1. The number of para-hydroxylation sites is 1. The number of hydrogen-bond acceptors (Lipinski definition) is 6. The summed E-state index contributed by atoms with van der Waals surface area (Å²) in [5.41, 5.74) is 7.67. The topological polar surface area (TPSA) is 75.9 Å². The van der Waals surface area contributed by atoms with Gasteiger partial charge in [-0.15, -0.1) is 0 Å². The number of aryl methyl sites for hydroxylation is 1. The van der Waals surface area contributed by atoms with Crippen molar-refractivity contribution in [2.45, 2.75) is 20.0 Å². The molecule has 2 heterocycles. The first-order valence-electron chi connectivity index (χ1n) is 11.8. The summed E-state index contributed by atoms with van der Waals surface area (Å²) in [6.45, 7) is 4.02. The van der Waals surface area contributed by atoms with Crippen LogP contribution < -0.4 is 14.5 Å². The van der Waals surface area contributed by atoms with Gasteiger partial charge in [-0.25, -0.2) is 4.79 Å². The third-order valence-corrected chi connectivity index (χ3v) is 6.83. The first-order valence-corrected chi connectivity index (χ1v) is 11.8. The van der Waals surface area contributed by atoms with Crippen molar-refractivity contribution in [3.8, 4) is 16.9 Å². The molecular formula is C29H23N3O4. The lowest BCUT2D eigenvalue weighted by molar-refractivity contribution is -0.384. The Balaban J connectivity index is 1.36. The van der Waals surface area contributed by atoms with Crippen molar-refractivity contribution in [1.29, 1.82) is 0 Å². The van der Waals surface area contributed by atoms with Crippen LogP contribution in [0.3, 0.4) is 0 Å². The number of hydrogen-bond donors (Lipinski definition) is 0. The molecule has 0 saturated heterocycles. The molecular weight excluding hydrogens is 454 g/mol. The summed E-state index contributed by atoms with van der Waals surface area (Å²) in [7, 11) is 0. The molecule has 36 heavy (non-hydrogen) atoms. The third kappa shape index (κ3) is 3.75. The average molecular weight is 478 g/mol. The van der Waals surface area contributed by atoms with E-state index in [0.29, 0.717) is 24.4 Å². The number of carbonyl (C=O) groups excluding carboxylic acids is 1. The van der Waals surface area contributed by atoms with Crippen LogP contribution in [-0.4, -0.2) is 17.6 Å². The molecule has 0 spiro atoms. The molecule has 178 valence electrons. The van der Waals surface area contributed by atoms with E-state index in [4.69, 9.17) is 4.74 Å². The van der Waals surface area contributed by atoms with Gasteiger partial charge in [0.1, 0.15) is 5.75 Å². The first-order chi connectivity index (χ1) is 17.5. The number of rotatable bonds is 4. The first kappa shape index (κ1) is 21.9. The highest BCUT2D eigenvalue weighted by Gasteiger charge is 2.31. The van der Waals surface area contributed by atoms with E-state index >= 15 is 0 Å². The Morgan fingerprint density at radius 3 is 2.28 bits per heavy atom. The molecule has 6 rings (SSSR count). The Bertz CT molecular complexity index is 1520. The van der Waals surface area contributed by atoms with Crippen LogP contribution >= 0.6 is 0 Å². The normalized spacial score (nSPS) is 13.6. The molecule has 0 atom stereocenters. The van der Waals surface area contributed by atoms with Crippen LogP contribution in [0.1, 0.15) is 27.0 Å². The summed E-state index contributed by atoms with van der Waals surface area (Å²) >= 11 is 0. The number of esters is 1. The van der Waals surface area contributed by atoms with Gasteiger partial charge in [0.05, 0.1) is 17.2 Å². The summed E-state index contributed by atoms with van der Waals surface area (Å²) < 4.78 is 5.65. The van der Waals surface area contributed by atoms with Gasteiger partial charge in [-0.05, 0) is 65.6 Å². The summed E-state index contributed by atoms with van der Waals surface area (Å²) in [5.74, 6) is 0.116. The third-order valence-electron chi connectivity index (χ3n) is 6.83. The van der Waals surface area contributed by atoms with E-state index in [1.165, 1.54) is 0 Å². The second kappa shape index (κ2) is 8.53. The van der Waals surface area contributed by atoms with E-state index in [9.17, 15) is 14.9 Å². The van der Waals surface area contributed by atoms with E-state index in [1.807, 2.05) is 49.4 Å². The minimum absolute atomic E-state index is 0.112. The molecule has 2 aliphatic heterocycles. The van der Waals surface area contributed by atoms with Gasteiger partial charge in [-0.3, -0.25) is 10.1 Å². The van der Waals surface area contributed by atoms with Crippen molar-refractivity contribution in [3.05, 3.63) is 117 Å². The standard InChI is InChI=1S/C29H23N3O4/c1-19-6-5-9-25(29(33)36-24-7-3-2-4-8-24)28(19)20-10-12-26-21(14-20)16-30-18-31(26)17-22-15-23(32(34)35)11-13-27(22)30/h2-15H,16-18H2,1H3. The number of non-ortho nitro benzene ring substituents is 1. The minimum Gasteiger partial charge on any atom is -0.423 e. The van der Waals surface area contributed by atoms with Gasteiger partial charge in [0, 0.05) is 42.2 Å². The summed E-state index contributed by atoms with van der Waals surface area (Å²) in [6, 6.07) is 26.1. The Hall–Kier alpha value is -4.65. The van der Waals surface area contributed by atoms with Crippen LogP contribution in [0, 0.1) is 17.0 Å². The number of fused-ring (bicyclic) bond motifs is 6. The number of anilines is 2. The zero-order valence-corrected chi connectivity index (χ0v) is 19.7. The summed E-state index contributed by atoms with van der Waals surface area (Å²) in [5, 5.41) is 11.3. The van der Waals surface area contributed by atoms with Gasteiger partial charge >= 0.3 is 5.97 Å². The van der Waals surface area contributed by atoms with Gasteiger partial charge in [0.15, 0.2) is 0 Å². The van der Waals surface area contributed by atoms with Gasteiger partial charge in [0.2, 0.25) is 0 Å². The molecule has 7 nitrogen and oxygen atoms in total. The molecule has 0 fully saturated rings. The molecule has 0 saturated carbocycles. The van der Waals surface area contributed by atoms with Crippen molar-refractivity contribution < 1.29 is 14.5 Å². The number of benzene rings is 4. The molecule has 2 aliphatic rings. The van der Waals surface area contributed by atoms with Crippen LogP contribution in [0.15, 0.2) is 84.9 Å². The fourth-order valence-corrected chi connectivity index (χ4v) is 5.21. The Morgan fingerprint density at radius 1 is 0.861 bits per heavy atom. The van der Waals surface area contributed by atoms with Crippen molar-refractivity contribution in [3.63, 3.8) is 0 Å².